The largest absolute Gasteiger partial charge is 0.495 e. The van der Waals surface area contributed by atoms with E-state index in [2.05, 4.69) is 0 Å². The molecule has 0 heterocycles. The lowest BCUT2D eigenvalue weighted by molar-refractivity contribution is -0.131. The smallest absolute Gasteiger partial charge is 0.328 e. The van der Waals surface area contributed by atoms with Crippen LogP contribution in [0.25, 0.3) is 6.08 Å². The first-order valence-corrected chi connectivity index (χ1v) is 9.84. The Labute approximate surface area is 159 Å². The molecule has 7 heteroatoms. The molecular weight excluding hydrogens is 366 g/mol. The molecule has 0 bridgehead atoms. The number of sulfonamides is 1. The van der Waals surface area contributed by atoms with E-state index in [0.29, 0.717) is 5.56 Å². The van der Waals surface area contributed by atoms with Crippen LogP contribution in [-0.2, 0) is 21.4 Å². The standard InChI is InChI=1S/C20H23NO5S/c1-15(2)21(14-17-7-5-4-6-8-17)27(24,25)19-13-16(10-12-20(22)23)9-11-18(19)26-3/h4-13,15H,14H2,1-3H3,(H,22,23)/b12-10+. The summed E-state index contributed by atoms with van der Waals surface area (Å²) in [4.78, 5) is 10.7. The summed E-state index contributed by atoms with van der Waals surface area (Å²) in [5.74, 6) is -0.899. The van der Waals surface area contributed by atoms with Crippen LogP contribution < -0.4 is 4.74 Å². The topological polar surface area (TPSA) is 83.9 Å². The summed E-state index contributed by atoms with van der Waals surface area (Å²) in [6, 6.07) is 13.6. The van der Waals surface area contributed by atoms with Gasteiger partial charge in [-0.05, 0) is 43.2 Å². The number of methoxy groups -OCH3 is 1. The van der Waals surface area contributed by atoms with E-state index in [1.54, 1.807) is 19.9 Å². The van der Waals surface area contributed by atoms with Gasteiger partial charge >= 0.3 is 5.97 Å². The highest BCUT2D eigenvalue weighted by molar-refractivity contribution is 7.89. The fraction of sp³-hybridized carbons (Fsp3) is 0.250. The van der Waals surface area contributed by atoms with Crippen LogP contribution in [0, 0.1) is 0 Å². The predicted octanol–water partition coefficient (Wildman–Crippen LogP) is 3.39. The van der Waals surface area contributed by atoms with Crippen molar-refractivity contribution in [1.82, 2.24) is 4.31 Å². The first-order chi connectivity index (χ1) is 12.8. The van der Waals surface area contributed by atoms with Crippen LogP contribution in [0.1, 0.15) is 25.0 Å². The quantitative estimate of drug-likeness (QED) is 0.700. The van der Waals surface area contributed by atoms with Gasteiger partial charge in [0, 0.05) is 18.7 Å². The van der Waals surface area contributed by atoms with Gasteiger partial charge in [0.05, 0.1) is 7.11 Å². The maximum Gasteiger partial charge on any atom is 0.328 e. The molecule has 0 aliphatic carbocycles. The number of carbonyl (C=O) groups is 1. The van der Waals surface area contributed by atoms with Gasteiger partial charge in [0.2, 0.25) is 10.0 Å². The van der Waals surface area contributed by atoms with Crippen molar-refractivity contribution in [3.63, 3.8) is 0 Å². The molecule has 0 saturated carbocycles. The van der Waals surface area contributed by atoms with Crippen molar-refractivity contribution >= 4 is 22.1 Å². The number of rotatable bonds is 8. The first kappa shape index (κ1) is 20.7. The number of hydrogen-bond donors (Lipinski definition) is 1. The summed E-state index contributed by atoms with van der Waals surface area (Å²) in [6.07, 6.45) is 2.31. The molecule has 6 nitrogen and oxygen atoms in total. The van der Waals surface area contributed by atoms with Crippen LogP contribution in [0.5, 0.6) is 5.75 Å². The van der Waals surface area contributed by atoms with E-state index in [0.717, 1.165) is 11.6 Å². The van der Waals surface area contributed by atoms with Gasteiger partial charge in [0.25, 0.3) is 0 Å². The lowest BCUT2D eigenvalue weighted by atomic mass is 10.2. The fourth-order valence-electron chi connectivity index (χ4n) is 2.60. The van der Waals surface area contributed by atoms with Gasteiger partial charge in [-0.3, -0.25) is 0 Å². The second-order valence-corrected chi connectivity index (χ2v) is 8.07. The van der Waals surface area contributed by atoms with Crippen LogP contribution in [-0.4, -0.2) is 37.0 Å². The molecule has 0 spiro atoms. The van der Waals surface area contributed by atoms with Gasteiger partial charge in [-0.1, -0.05) is 36.4 Å². The van der Waals surface area contributed by atoms with Crippen molar-refractivity contribution in [2.24, 2.45) is 0 Å². The highest BCUT2D eigenvalue weighted by Gasteiger charge is 2.30. The van der Waals surface area contributed by atoms with Crippen molar-refractivity contribution in [3.05, 3.63) is 65.7 Å². The number of benzene rings is 2. The van der Waals surface area contributed by atoms with Gasteiger partial charge in [-0.15, -0.1) is 0 Å². The zero-order valence-electron chi connectivity index (χ0n) is 15.5. The molecule has 2 aromatic rings. The van der Waals surface area contributed by atoms with Crippen LogP contribution in [0.2, 0.25) is 0 Å². The molecule has 27 heavy (non-hydrogen) atoms. The SMILES string of the molecule is COc1ccc(/C=C/C(=O)O)cc1S(=O)(=O)N(Cc1ccccc1)C(C)C. The number of hydrogen-bond acceptors (Lipinski definition) is 4. The fourth-order valence-corrected chi connectivity index (χ4v) is 4.42. The Balaban J connectivity index is 2.50. The molecule has 144 valence electrons. The van der Waals surface area contributed by atoms with Crippen molar-refractivity contribution in [2.75, 3.05) is 7.11 Å². The molecule has 0 unspecified atom stereocenters. The average molecular weight is 389 g/mol. The van der Waals surface area contributed by atoms with Gasteiger partial charge in [-0.2, -0.15) is 4.31 Å². The van der Waals surface area contributed by atoms with Gasteiger partial charge in [0.1, 0.15) is 10.6 Å². The minimum atomic E-state index is -3.88. The summed E-state index contributed by atoms with van der Waals surface area (Å²) in [5.41, 5.74) is 1.33. The van der Waals surface area contributed by atoms with Gasteiger partial charge < -0.3 is 9.84 Å². The van der Waals surface area contributed by atoms with Crippen LogP contribution >= 0.6 is 0 Å². The molecule has 0 aliphatic rings. The molecule has 0 aromatic heterocycles. The highest BCUT2D eigenvalue weighted by atomic mass is 32.2. The number of ether oxygens (including phenoxy) is 1. The van der Waals surface area contributed by atoms with E-state index in [-0.39, 0.29) is 23.2 Å². The molecule has 2 rings (SSSR count). The van der Waals surface area contributed by atoms with E-state index < -0.39 is 16.0 Å². The van der Waals surface area contributed by atoms with Gasteiger partial charge in [0.15, 0.2) is 0 Å². The monoisotopic (exact) mass is 389 g/mol. The summed E-state index contributed by atoms with van der Waals surface area (Å²) in [7, 11) is -2.47. The molecule has 0 atom stereocenters. The van der Waals surface area contributed by atoms with Crippen molar-refractivity contribution in [3.8, 4) is 5.75 Å². The second kappa shape index (κ2) is 8.83. The molecule has 1 N–H and O–H groups in total. The van der Waals surface area contributed by atoms with Crippen molar-refractivity contribution in [2.45, 2.75) is 31.3 Å². The summed E-state index contributed by atoms with van der Waals surface area (Å²) in [5, 5.41) is 8.79. The lowest BCUT2D eigenvalue weighted by Crippen LogP contribution is -2.36. The lowest BCUT2D eigenvalue weighted by Gasteiger charge is -2.27. The Morgan fingerprint density at radius 1 is 1.19 bits per heavy atom. The third-order valence-corrected chi connectivity index (χ3v) is 5.99. The molecule has 0 fully saturated rings. The van der Waals surface area contributed by atoms with E-state index in [4.69, 9.17) is 9.84 Å². The molecular formula is C20H23NO5S. The third-order valence-electron chi connectivity index (χ3n) is 3.95. The van der Waals surface area contributed by atoms with Crippen LogP contribution in [0.3, 0.4) is 0 Å². The molecule has 0 aliphatic heterocycles. The Morgan fingerprint density at radius 3 is 2.41 bits per heavy atom. The number of carboxylic acid groups (broad SMARTS) is 1. The molecule has 0 radical (unpaired) electrons. The van der Waals surface area contributed by atoms with Gasteiger partial charge in [-0.25, -0.2) is 13.2 Å². The number of nitrogens with zero attached hydrogens (tertiary/aromatic N) is 1. The maximum absolute atomic E-state index is 13.4. The Bertz CT molecular complexity index is 921. The minimum Gasteiger partial charge on any atom is -0.495 e. The Kier molecular flexibility index (Phi) is 6.76. The zero-order chi connectivity index (χ0) is 20.0. The third kappa shape index (κ3) is 5.18. The highest BCUT2D eigenvalue weighted by Crippen LogP contribution is 2.30. The van der Waals surface area contributed by atoms with Crippen LogP contribution in [0.15, 0.2) is 59.5 Å². The van der Waals surface area contributed by atoms with Crippen molar-refractivity contribution < 1.29 is 23.1 Å². The maximum atomic E-state index is 13.4. The van der Waals surface area contributed by atoms with E-state index >= 15 is 0 Å². The molecule has 0 amide bonds. The number of aliphatic carboxylic acids is 1. The first-order valence-electron chi connectivity index (χ1n) is 8.40. The second-order valence-electron chi connectivity index (χ2n) is 6.21. The van der Waals surface area contributed by atoms with Crippen LogP contribution in [0.4, 0.5) is 0 Å². The minimum absolute atomic E-state index is 0.00201. The zero-order valence-corrected chi connectivity index (χ0v) is 16.3. The summed E-state index contributed by atoms with van der Waals surface area (Å²) >= 11 is 0. The Hall–Kier alpha value is -2.64. The van der Waals surface area contributed by atoms with E-state index in [1.807, 2.05) is 30.3 Å². The summed E-state index contributed by atoms with van der Waals surface area (Å²) in [6.45, 7) is 3.83. The van der Waals surface area contributed by atoms with Crippen molar-refractivity contribution in [1.29, 1.82) is 0 Å². The Morgan fingerprint density at radius 2 is 1.85 bits per heavy atom. The number of carboxylic acids is 1. The normalized spacial score (nSPS) is 12.0. The molecule has 0 saturated heterocycles. The predicted molar refractivity (Wildman–Crippen MR) is 104 cm³/mol. The average Bonchev–Trinajstić information content (AvgIpc) is 2.64. The summed E-state index contributed by atoms with van der Waals surface area (Å²) < 4.78 is 33.3. The van der Waals surface area contributed by atoms with E-state index in [1.165, 1.54) is 29.6 Å². The van der Waals surface area contributed by atoms with E-state index in [9.17, 15) is 13.2 Å². The molecule has 2 aromatic carbocycles.